The summed E-state index contributed by atoms with van der Waals surface area (Å²) in [5.41, 5.74) is 3.53. The molecule has 0 aliphatic heterocycles. The van der Waals surface area contributed by atoms with Crippen molar-refractivity contribution in [1.82, 2.24) is 8.75 Å². The number of carbonyl (C=O) groups is 1. The molecule has 1 aromatic carbocycles. The molecule has 1 heterocycles. The normalized spacial score (nSPS) is 10.9. The summed E-state index contributed by atoms with van der Waals surface area (Å²) < 4.78 is 7.96. The van der Waals surface area contributed by atoms with Gasteiger partial charge in [0.25, 0.3) is 0 Å². The van der Waals surface area contributed by atoms with Crippen LogP contribution in [0.1, 0.15) is 41.4 Å². The minimum absolute atomic E-state index is 0.0315. The molecule has 0 fully saturated rings. The Labute approximate surface area is 110 Å². The summed E-state index contributed by atoms with van der Waals surface area (Å²) >= 11 is 0.932. The summed E-state index contributed by atoms with van der Waals surface area (Å²) in [5, 5.41) is 9.09. The van der Waals surface area contributed by atoms with Gasteiger partial charge in [-0.05, 0) is 30.0 Å². The first-order chi connectivity index (χ1) is 8.50. The van der Waals surface area contributed by atoms with Crippen molar-refractivity contribution < 1.29 is 9.90 Å². The Hall–Kier alpha value is -1.75. The molecule has 0 spiro atoms. The Morgan fingerprint density at radius 2 is 2.06 bits per heavy atom. The first-order valence-corrected chi connectivity index (χ1v) is 6.40. The molecule has 2 aromatic rings. The molecule has 1 N–H and O–H groups in total. The van der Waals surface area contributed by atoms with Crippen LogP contribution in [0, 0.1) is 6.92 Å². The summed E-state index contributed by atoms with van der Waals surface area (Å²) in [6, 6.07) is 6.06. The fraction of sp³-hybridized carbons (Fsp3) is 0.308. The average molecular weight is 262 g/mol. The Morgan fingerprint density at radius 3 is 2.67 bits per heavy atom. The number of nitrogens with zero attached hydrogens (tertiary/aromatic N) is 2. The van der Waals surface area contributed by atoms with Gasteiger partial charge in [-0.1, -0.05) is 26.0 Å². The van der Waals surface area contributed by atoms with Gasteiger partial charge in [-0.3, -0.25) is 0 Å². The van der Waals surface area contributed by atoms with E-state index in [4.69, 9.17) is 5.11 Å². The molecule has 0 saturated heterocycles. The van der Waals surface area contributed by atoms with E-state index in [-0.39, 0.29) is 5.69 Å². The van der Waals surface area contributed by atoms with Crippen LogP contribution in [-0.2, 0) is 0 Å². The fourth-order valence-electron chi connectivity index (χ4n) is 1.76. The van der Waals surface area contributed by atoms with Crippen LogP contribution in [0.25, 0.3) is 11.3 Å². The van der Waals surface area contributed by atoms with Crippen LogP contribution in [0.4, 0.5) is 0 Å². The summed E-state index contributed by atoms with van der Waals surface area (Å²) in [7, 11) is 0. The number of aromatic nitrogens is 2. The van der Waals surface area contributed by atoms with Crippen molar-refractivity contribution in [1.29, 1.82) is 0 Å². The van der Waals surface area contributed by atoms with Gasteiger partial charge in [-0.15, -0.1) is 0 Å². The lowest BCUT2D eigenvalue weighted by Gasteiger charge is -2.10. The van der Waals surface area contributed by atoms with E-state index >= 15 is 0 Å². The average Bonchev–Trinajstić information content (AvgIpc) is 2.78. The number of aromatic carboxylic acids is 1. The van der Waals surface area contributed by atoms with Crippen molar-refractivity contribution in [3.8, 4) is 11.3 Å². The van der Waals surface area contributed by atoms with Crippen molar-refractivity contribution in [3.05, 3.63) is 35.0 Å². The zero-order chi connectivity index (χ0) is 13.3. The van der Waals surface area contributed by atoms with Gasteiger partial charge in [-0.25, -0.2) is 4.79 Å². The van der Waals surface area contributed by atoms with Crippen LogP contribution in [0.3, 0.4) is 0 Å². The maximum atomic E-state index is 11.1. The summed E-state index contributed by atoms with van der Waals surface area (Å²) in [4.78, 5) is 11.1. The molecular formula is C13H14N2O2S. The molecule has 18 heavy (non-hydrogen) atoms. The molecule has 0 unspecified atom stereocenters. The zero-order valence-corrected chi connectivity index (χ0v) is 11.3. The molecule has 0 atom stereocenters. The SMILES string of the molecule is Cc1ccc(C(C)C)cc1-c1nsnc1C(=O)O. The second-order valence-electron chi connectivity index (χ2n) is 4.50. The predicted octanol–water partition coefficient (Wildman–Crippen LogP) is 3.34. The second-order valence-corrected chi connectivity index (χ2v) is 5.02. The van der Waals surface area contributed by atoms with Crippen LogP contribution in [0.2, 0.25) is 0 Å². The predicted molar refractivity (Wildman–Crippen MR) is 71.1 cm³/mol. The monoisotopic (exact) mass is 262 g/mol. The van der Waals surface area contributed by atoms with Crippen molar-refractivity contribution in [3.63, 3.8) is 0 Å². The highest BCUT2D eigenvalue weighted by molar-refractivity contribution is 6.99. The topological polar surface area (TPSA) is 63.1 Å². The minimum atomic E-state index is -1.03. The van der Waals surface area contributed by atoms with E-state index in [0.717, 1.165) is 22.9 Å². The molecular weight excluding hydrogens is 248 g/mol. The lowest BCUT2D eigenvalue weighted by Crippen LogP contribution is -2.00. The van der Waals surface area contributed by atoms with Gasteiger partial charge >= 0.3 is 5.97 Å². The molecule has 0 saturated carbocycles. The van der Waals surface area contributed by atoms with Gasteiger partial charge < -0.3 is 5.11 Å². The number of carboxylic acid groups (broad SMARTS) is 1. The smallest absolute Gasteiger partial charge is 0.357 e. The molecule has 0 radical (unpaired) electrons. The molecule has 0 amide bonds. The molecule has 1 aromatic heterocycles. The van der Waals surface area contributed by atoms with Crippen LogP contribution in [0.15, 0.2) is 18.2 Å². The van der Waals surface area contributed by atoms with Gasteiger partial charge in [-0.2, -0.15) is 8.75 Å². The van der Waals surface area contributed by atoms with Crippen LogP contribution < -0.4 is 0 Å². The van der Waals surface area contributed by atoms with E-state index in [9.17, 15) is 4.79 Å². The minimum Gasteiger partial charge on any atom is -0.476 e. The van der Waals surface area contributed by atoms with Crippen LogP contribution >= 0.6 is 11.7 Å². The van der Waals surface area contributed by atoms with E-state index in [1.54, 1.807) is 0 Å². The maximum Gasteiger partial charge on any atom is 0.357 e. The van der Waals surface area contributed by atoms with Gasteiger partial charge in [0.1, 0.15) is 5.69 Å². The Balaban J connectivity index is 2.59. The Morgan fingerprint density at radius 1 is 1.33 bits per heavy atom. The fourth-order valence-corrected chi connectivity index (χ4v) is 2.31. The van der Waals surface area contributed by atoms with Gasteiger partial charge in [0.15, 0.2) is 5.69 Å². The summed E-state index contributed by atoms with van der Waals surface area (Å²) in [6.45, 7) is 6.15. The van der Waals surface area contributed by atoms with Crippen molar-refractivity contribution in [2.45, 2.75) is 26.7 Å². The maximum absolute atomic E-state index is 11.1. The number of aryl methyl sites for hydroxylation is 1. The Bertz CT molecular complexity index is 590. The van der Waals surface area contributed by atoms with E-state index in [0.29, 0.717) is 11.6 Å². The third kappa shape index (κ3) is 2.26. The second kappa shape index (κ2) is 4.86. The summed E-state index contributed by atoms with van der Waals surface area (Å²) in [6.07, 6.45) is 0. The quantitative estimate of drug-likeness (QED) is 0.921. The molecule has 0 aliphatic carbocycles. The molecule has 94 valence electrons. The van der Waals surface area contributed by atoms with Gasteiger partial charge in [0.05, 0.1) is 11.7 Å². The molecule has 5 heteroatoms. The largest absolute Gasteiger partial charge is 0.476 e. The third-order valence-electron chi connectivity index (χ3n) is 2.87. The number of hydrogen-bond acceptors (Lipinski definition) is 4. The van der Waals surface area contributed by atoms with Crippen LogP contribution in [0.5, 0.6) is 0 Å². The highest BCUT2D eigenvalue weighted by atomic mass is 32.1. The highest BCUT2D eigenvalue weighted by Gasteiger charge is 2.18. The lowest BCUT2D eigenvalue weighted by molar-refractivity contribution is 0.0692. The molecule has 0 aliphatic rings. The first-order valence-electron chi connectivity index (χ1n) is 5.67. The number of carboxylic acids is 1. The van der Waals surface area contributed by atoms with E-state index < -0.39 is 5.97 Å². The highest BCUT2D eigenvalue weighted by Crippen LogP contribution is 2.28. The van der Waals surface area contributed by atoms with E-state index in [1.165, 1.54) is 5.56 Å². The molecule has 0 bridgehead atoms. The number of benzene rings is 1. The number of hydrogen-bond donors (Lipinski definition) is 1. The molecule has 2 rings (SSSR count). The summed E-state index contributed by atoms with van der Waals surface area (Å²) in [5.74, 6) is -0.641. The lowest BCUT2D eigenvalue weighted by atomic mass is 9.96. The molecule has 4 nitrogen and oxygen atoms in total. The van der Waals surface area contributed by atoms with E-state index in [1.807, 2.05) is 19.1 Å². The van der Waals surface area contributed by atoms with E-state index in [2.05, 4.69) is 28.7 Å². The third-order valence-corrected chi connectivity index (χ3v) is 3.40. The zero-order valence-electron chi connectivity index (χ0n) is 10.5. The number of rotatable bonds is 3. The van der Waals surface area contributed by atoms with Gasteiger partial charge in [0, 0.05) is 5.56 Å². The van der Waals surface area contributed by atoms with Crippen molar-refractivity contribution >= 4 is 17.7 Å². The van der Waals surface area contributed by atoms with Gasteiger partial charge in [0.2, 0.25) is 0 Å². The first kappa shape index (κ1) is 12.7. The van der Waals surface area contributed by atoms with Crippen LogP contribution in [-0.4, -0.2) is 19.8 Å². The van der Waals surface area contributed by atoms with Crippen molar-refractivity contribution in [2.24, 2.45) is 0 Å². The van der Waals surface area contributed by atoms with Crippen molar-refractivity contribution in [2.75, 3.05) is 0 Å². The standard InChI is InChI=1S/C13H14N2O2S/c1-7(2)9-5-4-8(3)10(6-9)11-12(13(16)17)15-18-14-11/h4-7H,1-3H3,(H,16,17). The Kier molecular flexibility index (Phi) is 3.43.